The molecule has 0 N–H and O–H groups in total. The molecular weight excluding hydrogens is 404 g/mol. The van der Waals surface area contributed by atoms with Gasteiger partial charge in [0.25, 0.3) is 0 Å². The second kappa shape index (κ2) is 11.7. The first kappa shape index (κ1) is 23.1. The van der Waals surface area contributed by atoms with Gasteiger partial charge in [-0.3, -0.25) is 19.6 Å². The third-order valence-corrected chi connectivity index (χ3v) is 5.03. The van der Waals surface area contributed by atoms with Gasteiger partial charge in [0.15, 0.2) is 12.6 Å². The van der Waals surface area contributed by atoms with Gasteiger partial charge in [-0.25, -0.2) is 0 Å². The van der Waals surface area contributed by atoms with Crippen molar-refractivity contribution in [3.8, 4) is 33.8 Å². The zero-order chi connectivity index (χ0) is 22.8. The van der Waals surface area contributed by atoms with E-state index in [1.165, 1.54) is 0 Å². The number of benzene rings is 1. The topological polar surface area (TPSA) is 78.4 Å². The number of pyridine rings is 2. The van der Waals surface area contributed by atoms with Gasteiger partial charge in [0.05, 0.1) is 13.2 Å². The summed E-state index contributed by atoms with van der Waals surface area (Å²) in [6.07, 6.45) is 8.69. The fraction of sp³-hybridized carbons (Fsp3) is 0.308. The summed E-state index contributed by atoms with van der Waals surface area (Å²) in [6, 6.07) is 11.0. The second-order valence-corrected chi connectivity index (χ2v) is 7.43. The van der Waals surface area contributed by atoms with Crippen molar-refractivity contribution in [2.45, 2.75) is 39.5 Å². The normalized spacial score (nSPS) is 10.6. The maximum Gasteiger partial charge on any atom is 0.168 e. The number of ether oxygens (including phenoxy) is 2. The Bertz CT molecular complexity index is 946. The minimum atomic E-state index is 0.375. The Balaban J connectivity index is 2.11. The van der Waals surface area contributed by atoms with Crippen molar-refractivity contribution in [3.63, 3.8) is 0 Å². The molecule has 32 heavy (non-hydrogen) atoms. The molecule has 0 bridgehead atoms. The summed E-state index contributed by atoms with van der Waals surface area (Å²) >= 11 is 0. The smallest absolute Gasteiger partial charge is 0.168 e. The summed E-state index contributed by atoms with van der Waals surface area (Å²) in [5, 5.41) is 0. The van der Waals surface area contributed by atoms with Crippen molar-refractivity contribution < 1.29 is 19.1 Å². The molecule has 0 fully saturated rings. The molecule has 3 aromatic rings. The van der Waals surface area contributed by atoms with Gasteiger partial charge in [0.2, 0.25) is 0 Å². The molecular formula is C26H28N2O4. The van der Waals surface area contributed by atoms with Gasteiger partial charge in [0, 0.05) is 34.6 Å². The molecule has 0 saturated carbocycles. The van der Waals surface area contributed by atoms with Crippen LogP contribution in [0.3, 0.4) is 0 Å². The van der Waals surface area contributed by atoms with Crippen LogP contribution < -0.4 is 9.47 Å². The van der Waals surface area contributed by atoms with Gasteiger partial charge in [-0.2, -0.15) is 0 Å². The van der Waals surface area contributed by atoms with Crippen LogP contribution in [0.4, 0.5) is 0 Å². The SMILES string of the molecule is CCCCOc1cc(-c2ccc(C=O)nc2)c(OCCCC)cc1-c1ccc(C=O)nc1. The number of rotatable bonds is 12. The molecule has 3 rings (SSSR count). The quantitative estimate of drug-likeness (QED) is 0.266. The number of aldehydes is 2. The maximum atomic E-state index is 11.0. The molecule has 6 heteroatoms. The molecule has 0 aliphatic rings. The van der Waals surface area contributed by atoms with E-state index in [4.69, 9.17) is 9.47 Å². The molecule has 6 nitrogen and oxygen atoms in total. The van der Waals surface area contributed by atoms with E-state index in [0.717, 1.165) is 60.5 Å². The lowest BCUT2D eigenvalue weighted by Crippen LogP contribution is -2.03. The van der Waals surface area contributed by atoms with Gasteiger partial charge in [-0.1, -0.05) is 38.8 Å². The van der Waals surface area contributed by atoms with Crippen LogP contribution in [-0.4, -0.2) is 35.8 Å². The zero-order valence-electron chi connectivity index (χ0n) is 18.5. The summed E-state index contributed by atoms with van der Waals surface area (Å²) in [6.45, 7) is 5.40. The molecule has 2 aromatic heterocycles. The lowest BCUT2D eigenvalue weighted by Gasteiger charge is -2.18. The fourth-order valence-electron chi connectivity index (χ4n) is 3.17. The van der Waals surface area contributed by atoms with Crippen LogP contribution in [0.25, 0.3) is 22.3 Å². The average Bonchev–Trinajstić information content (AvgIpc) is 2.85. The minimum Gasteiger partial charge on any atom is -0.493 e. The number of carbonyl (C=O) groups is 2. The summed E-state index contributed by atoms with van der Waals surface area (Å²) in [5.41, 5.74) is 4.11. The Morgan fingerprint density at radius 3 is 1.47 bits per heavy atom. The van der Waals surface area contributed by atoms with Crippen molar-refractivity contribution >= 4 is 12.6 Å². The summed E-state index contributed by atoms with van der Waals surface area (Å²) in [5.74, 6) is 1.41. The van der Waals surface area contributed by atoms with Crippen molar-refractivity contribution in [2.75, 3.05) is 13.2 Å². The molecule has 166 valence electrons. The number of nitrogens with zero attached hydrogens (tertiary/aromatic N) is 2. The van der Waals surface area contributed by atoms with E-state index in [1.807, 2.05) is 24.3 Å². The molecule has 0 aliphatic heterocycles. The Morgan fingerprint density at radius 2 is 1.16 bits per heavy atom. The van der Waals surface area contributed by atoms with Crippen molar-refractivity contribution in [1.82, 2.24) is 9.97 Å². The van der Waals surface area contributed by atoms with Crippen LogP contribution in [0.15, 0.2) is 48.8 Å². The summed E-state index contributed by atoms with van der Waals surface area (Å²) in [4.78, 5) is 30.4. The van der Waals surface area contributed by atoms with Gasteiger partial charge in [-0.05, 0) is 37.1 Å². The van der Waals surface area contributed by atoms with E-state index in [9.17, 15) is 9.59 Å². The molecule has 1 aromatic carbocycles. The molecule has 0 aliphatic carbocycles. The largest absolute Gasteiger partial charge is 0.493 e. The first-order valence-electron chi connectivity index (χ1n) is 11.0. The Morgan fingerprint density at radius 1 is 0.719 bits per heavy atom. The predicted octanol–water partition coefficient (Wildman–Crippen LogP) is 5.79. The molecule has 0 atom stereocenters. The van der Waals surface area contributed by atoms with E-state index in [0.29, 0.717) is 36.1 Å². The molecule has 0 spiro atoms. The summed E-state index contributed by atoms with van der Waals surface area (Å²) in [7, 11) is 0. The van der Waals surface area contributed by atoms with Gasteiger partial charge < -0.3 is 9.47 Å². The molecule has 0 unspecified atom stereocenters. The number of unbranched alkanes of at least 4 members (excludes halogenated alkanes) is 2. The molecule has 0 radical (unpaired) electrons. The Kier molecular flexibility index (Phi) is 8.49. The van der Waals surface area contributed by atoms with E-state index in [-0.39, 0.29) is 0 Å². The Labute approximate surface area is 188 Å². The number of hydrogen-bond donors (Lipinski definition) is 0. The van der Waals surface area contributed by atoms with Crippen LogP contribution in [0, 0.1) is 0 Å². The monoisotopic (exact) mass is 432 g/mol. The minimum absolute atomic E-state index is 0.375. The van der Waals surface area contributed by atoms with Crippen molar-refractivity contribution in [2.24, 2.45) is 0 Å². The van der Waals surface area contributed by atoms with Crippen LogP contribution in [0.5, 0.6) is 11.5 Å². The van der Waals surface area contributed by atoms with Crippen LogP contribution in [-0.2, 0) is 0 Å². The van der Waals surface area contributed by atoms with Crippen LogP contribution in [0.2, 0.25) is 0 Å². The highest BCUT2D eigenvalue weighted by Crippen LogP contribution is 2.41. The second-order valence-electron chi connectivity index (χ2n) is 7.43. The lowest BCUT2D eigenvalue weighted by atomic mass is 9.99. The van der Waals surface area contributed by atoms with Gasteiger partial charge in [0.1, 0.15) is 22.9 Å². The lowest BCUT2D eigenvalue weighted by molar-refractivity contribution is 0.111. The highest BCUT2D eigenvalue weighted by atomic mass is 16.5. The first-order chi connectivity index (χ1) is 15.7. The van der Waals surface area contributed by atoms with Crippen LogP contribution >= 0.6 is 0 Å². The number of hydrogen-bond acceptors (Lipinski definition) is 6. The summed E-state index contributed by atoms with van der Waals surface area (Å²) < 4.78 is 12.3. The standard InChI is InChI=1S/C26H28N2O4/c1-3-5-11-31-25-13-24(20-8-10-22(18-30)28-16-20)26(32-12-6-4-2)14-23(25)19-7-9-21(17-29)27-15-19/h7-10,13-18H,3-6,11-12H2,1-2H3. The first-order valence-corrected chi connectivity index (χ1v) is 11.0. The van der Waals surface area contributed by atoms with Crippen molar-refractivity contribution in [1.29, 1.82) is 0 Å². The Hall–Kier alpha value is -3.54. The maximum absolute atomic E-state index is 11.0. The van der Waals surface area contributed by atoms with Gasteiger partial charge in [-0.15, -0.1) is 0 Å². The van der Waals surface area contributed by atoms with Crippen LogP contribution in [0.1, 0.15) is 60.5 Å². The molecule has 0 amide bonds. The highest BCUT2D eigenvalue weighted by molar-refractivity contribution is 5.82. The van der Waals surface area contributed by atoms with E-state index in [2.05, 4.69) is 23.8 Å². The third-order valence-electron chi connectivity index (χ3n) is 5.03. The molecule has 2 heterocycles. The van der Waals surface area contributed by atoms with Crippen molar-refractivity contribution in [3.05, 3.63) is 60.2 Å². The van der Waals surface area contributed by atoms with E-state index in [1.54, 1.807) is 24.5 Å². The average molecular weight is 433 g/mol. The fourth-order valence-corrected chi connectivity index (χ4v) is 3.17. The highest BCUT2D eigenvalue weighted by Gasteiger charge is 2.16. The zero-order valence-corrected chi connectivity index (χ0v) is 18.5. The predicted molar refractivity (Wildman–Crippen MR) is 124 cm³/mol. The van der Waals surface area contributed by atoms with E-state index < -0.39 is 0 Å². The third kappa shape index (κ3) is 5.78. The van der Waals surface area contributed by atoms with Gasteiger partial charge >= 0.3 is 0 Å². The molecule has 0 saturated heterocycles. The van der Waals surface area contributed by atoms with E-state index >= 15 is 0 Å². The number of carbonyl (C=O) groups excluding carboxylic acids is 2. The number of aromatic nitrogens is 2.